The molecule has 0 fully saturated rings. The van der Waals surface area contributed by atoms with E-state index < -0.39 is 0 Å². The summed E-state index contributed by atoms with van der Waals surface area (Å²) in [5.74, 6) is 0. The molecule has 61 heavy (non-hydrogen) atoms. The number of para-hydroxylation sites is 3. The van der Waals surface area contributed by atoms with Gasteiger partial charge in [0.1, 0.15) is 22.3 Å². The van der Waals surface area contributed by atoms with Crippen LogP contribution in [0.1, 0.15) is 0 Å². The van der Waals surface area contributed by atoms with Gasteiger partial charge in [-0.1, -0.05) is 158 Å². The first kappa shape index (κ1) is 34.9. The van der Waals surface area contributed by atoms with Gasteiger partial charge in [0.2, 0.25) is 0 Å². The molecule has 3 nitrogen and oxygen atoms in total. The van der Waals surface area contributed by atoms with Gasteiger partial charge in [-0.05, 0) is 116 Å². The van der Waals surface area contributed by atoms with Crippen molar-refractivity contribution in [1.29, 1.82) is 0 Å². The van der Waals surface area contributed by atoms with Crippen molar-refractivity contribution in [3.63, 3.8) is 0 Å². The van der Waals surface area contributed by atoms with E-state index in [0.717, 1.165) is 94.3 Å². The molecular weight excluding hydrogens is 743 g/mol. The molecule has 12 rings (SSSR count). The highest BCUT2D eigenvalue weighted by Gasteiger charge is 2.16. The standard InChI is InChI=1S/C58H37NO2/c1-2-9-44-36-45(21-18-38(44)8-1)41-24-31-48(32-25-41)59(49-33-26-42(27-34-49)46-28-35-57-54(37-46)52-11-4-5-14-55(52)60-57)47-29-22-40(23-30-47)39-16-19-43(20-17-39)50-12-7-13-53-51-10-3-6-15-56(51)61-58(50)53/h1-37H. The van der Waals surface area contributed by atoms with E-state index in [0.29, 0.717) is 0 Å². The summed E-state index contributed by atoms with van der Waals surface area (Å²) in [6.45, 7) is 0. The molecule has 0 aliphatic rings. The van der Waals surface area contributed by atoms with Gasteiger partial charge in [-0.25, -0.2) is 0 Å². The number of benzene rings is 10. The SMILES string of the molecule is c1ccc2cc(-c3ccc(N(c4ccc(-c5ccc(-c6cccc7c6oc6ccccc67)cc5)cc4)c4ccc(-c5ccc6oc7ccccc7c6c5)cc4)cc3)ccc2c1. The van der Waals surface area contributed by atoms with Gasteiger partial charge in [-0.15, -0.1) is 0 Å². The lowest BCUT2D eigenvalue weighted by Crippen LogP contribution is -2.09. The number of anilines is 3. The Morgan fingerprint density at radius 3 is 1.36 bits per heavy atom. The zero-order valence-corrected chi connectivity index (χ0v) is 33.1. The normalized spacial score (nSPS) is 11.6. The smallest absolute Gasteiger partial charge is 0.143 e. The number of hydrogen-bond acceptors (Lipinski definition) is 3. The highest BCUT2D eigenvalue weighted by Crippen LogP contribution is 2.40. The molecule has 0 saturated carbocycles. The number of nitrogens with zero attached hydrogens (tertiary/aromatic N) is 1. The molecule has 0 N–H and O–H groups in total. The minimum atomic E-state index is 0.902. The molecule has 0 saturated heterocycles. The lowest BCUT2D eigenvalue weighted by Gasteiger charge is -2.26. The van der Waals surface area contributed by atoms with E-state index in [9.17, 15) is 0 Å². The second kappa shape index (κ2) is 14.3. The van der Waals surface area contributed by atoms with E-state index in [1.165, 1.54) is 21.9 Å². The van der Waals surface area contributed by atoms with Gasteiger partial charge in [-0.3, -0.25) is 0 Å². The topological polar surface area (TPSA) is 29.5 Å². The summed E-state index contributed by atoms with van der Waals surface area (Å²) in [6, 6.07) is 80.1. The van der Waals surface area contributed by atoms with Crippen molar-refractivity contribution in [1.82, 2.24) is 0 Å². The summed E-state index contributed by atoms with van der Waals surface area (Å²) in [4.78, 5) is 2.33. The zero-order valence-electron chi connectivity index (χ0n) is 33.1. The summed E-state index contributed by atoms with van der Waals surface area (Å²) >= 11 is 0. The Bertz CT molecular complexity index is 3560. The molecule has 0 bridgehead atoms. The van der Waals surface area contributed by atoms with Gasteiger partial charge >= 0.3 is 0 Å². The van der Waals surface area contributed by atoms with Crippen LogP contribution < -0.4 is 4.90 Å². The van der Waals surface area contributed by atoms with E-state index >= 15 is 0 Å². The molecule has 2 heterocycles. The van der Waals surface area contributed by atoms with E-state index in [-0.39, 0.29) is 0 Å². The molecule has 0 atom stereocenters. The first-order valence-corrected chi connectivity index (χ1v) is 20.7. The lowest BCUT2D eigenvalue weighted by atomic mass is 9.98. The quantitative estimate of drug-likeness (QED) is 0.161. The van der Waals surface area contributed by atoms with E-state index in [4.69, 9.17) is 8.83 Å². The molecule has 0 spiro atoms. The van der Waals surface area contributed by atoms with Crippen LogP contribution in [0.4, 0.5) is 17.1 Å². The average Bonchev–Trinajstić information content (AvgIpc) is 3.91. The van der Waals surface area contributed by atoms with Crippen molar-refractivity contribution in [2.24, 2.45) is 0 Å². The van der Waals surface area contributed by atoms with Crippen LogP contribution in [-0.2, 0) is 0 Å². The van der Waals surface area contributed by atoms with Crippen LogP contribution in [0.3, 0.4) is 0 Å². The third-order valence-electron chi connectivity index (χ3n) is 12.1. The van der Waals surface area contributed by atoms with Crippen molar-refractivity contribution in [2.45, 2.75) is 0 Å². The molecule has 0 aliphatic heterocycles. The molecule has 0 amide bonds. The van der Waals surface area contributed by atoms with Gasteiger partial charge in [0.25, 0.3) is 0 Å². The zero-order chi connectivity index (χ0) is 40.3. The first-order valence-electron chi connectivity index (χ1n) is 20.7. The Labute approximate surface area is 353 Å². The number of furan rings is 2. The summed E-state index contributed by atoms with van der Waals surface area (Å²) in [7, 11) is 0. The fourth-order valence-electron chi connectivity index (χ4n) is 8.95. The average molecular weight is 780 g/mol. The maximum Gasteiger partial charge on any atom is 0.143 e. The van der Waals surface area contributed by atoms with Gasteiger partial charge in [-0.2, -0.15) is 0 Å². The Hall–Kier alpha value is -8.14. The number of rotatable bonds is 7. The van der Waals surface area contributed by atoms with Crippen LogP contribution in [0.5, 0.6) is 0 Å². The van der Waals surface area contributed by atoms with Crippen molar-refractivity contribution in [3.8, 4) is 44.5 Å². The molecule has 10 aromatic carbocycles. The van der Waals surface area contributed by atoms with Crippen molar-refractivity contribution in [3.05, 3.63) is 224 Å². The largest absolute Gasteiger partial charge is 0.456 e. The second-order valence-corrected chi connectivity index (χ2v) is 15.7. The molecule has 2 aromatic heterocycles. The Morgan fingerprint density at radius 1 is 0.262 bits per heavy atom. The molecule has 3 heteroatoms. The fraction of sp³-hybridized carbons (Fsp3) is 0. The minimum Gasteiger partial charge on any atom is -0.456 e. The summed E-state index contributed by atoms with van der Waals surface area (Å²) in [5, 5.41) is 7.03. The molecule has 12 aromatic rings. The van der Waals surface area contributed by atoms with Crippen molar-refractivity contribution >= 4 is 71.7 Å². The monoisotopic (exact) mass is 779 g/mol. The van der Waals surface area contributed by atoms with Crippen molar-refractivity contribution < 1.29 is 8.83 Å². The fourth-order valence-corrected chi connectivity index (χ4v) is 8.95. The third-order valence-corrected chi connectivity index (χ3v) is 12.1. The molecule has 286 valence electrons. The predicted octanol–water partition coefficient (Wildman–Crippen LogP) is 16.8. The molecular formula is C58H37NO2. The summed E-state index contributed by atoms with van der Waals surface area (Å²) < 4.78 is 12.5. The Morgan fingerprint density at radius 2 is 0.705 bits per heavy atom. The van der Waals surface area contributed by atoms with E-state index in [1.807, 2.05) is 24.3 Å². The van der Waals surface area contributed by atoms with Gasteiger partial charge in [0.15, 0.2) is 0 Å². The highest BCUT2D eigenvalue weighted by molar-refractivity contribution is 6.10. The molecule has 0 aliphatic carbocycles. The highest BCUT2D eigenvalue weighted by atomic mass is 16.3. The third kappa shape index (κ3) is 6.14. The maximum absolute atomic E-state index is 6.35. The first-order chi connectivity index (χ1) is 30.2. The van der Waals surface area contributed by atoms with E-state index in [2.05, 4.69) is 205 Å². The maximum atomic E-state index is 6.35. The van der Waals surface area contributed by atoms with Crippen LogP contribution in [0, 0.1) is 0 Å². The van der Waals surface area contributed by atoms with Crippen LogP contribution >= 0.6 is 0 Å². The van der Waals surface area contributed by atoms with Crippen LogP contribution in [0.15, 0.2) is 233 Å². The summed E-state index contributed by atoms with van der Waals surface area (Å²) in [5.41, 5.74) is 16.1. The lowest BCUT2D eigenvalue weighted by molar-refractivity contribution is 0.669. The van der Waals surface area contributed by atoms with Gasteiger partial charge in [0, 0.05) is 44.2 Å². The summed E-state index contributed by atoms with van der Waals surface area (Å²) in [6.07, 6.45) is 0. The van der Waals surface area contributed by atoms with Crippen LogP contribution in [-0.4, -0.2) is 0 Å². The number of fused-ring (bicyclic) bond motifs is 7. The Kier molecular flexibility index (Phi) is 8.17. The van der Waals surface area contributed by atoms with Crippen molar-refractivity contribution in [2.75, 3.05) is 4.90 Å². The van der Waals surface area contributed by atoms with Crippen LogP contribution in [0.25, 0.3) is 99.2 Å². The predicted molar refractivity (Wildman–Crippen MR) is 255 cm³/mol. The van der Waals surface area contributed by atoms with E-state index in [1.54, 1.807) is 0 Å². The Balaban J connectivity index is 0.883. The second-order valence-electron chi connectivity index (χ2n) is 15.7. The van der Waals surface area contributed by atoms with Gasteiger partial charge < -0.3 is 13.7 Å². The minimum absolute atomic E-state index is 0.902. The van der Waals surface area contributed by atoms with Gasteiger partial charge in [0.05, 0.1) is 0 Å². The molecule has 0 radical (unpaired) electrons. The molecule has 0 unspecified atom stereocenters. The van der Waals surface area contributed by atoms with Crippen LogP contribution in [0.2, 0.25) is 0 Å². The number of hydrogen-bond donors (Lipinski definition) is 0.